The molecule has 14 heavy (non-hydrogen) atoms. The molecule has 0 radical (unpaired) electrons. The molecule has 1 aromatic rings. The van der Waals surface area contributed by atoms with Crippen molar-refractivity contribution in [3.8, 4) is 5.88 Å². The molecule has 1 aliphatic rings. The van der Waals surface area contributed by atoms with E-state index in [0.717, 1.165) is 37.7 Å². The predicted octanol–water partition coefficient (Wildman–Crippen LogP) is 0.932. The number of hydrogen-bond donors (Lipinski definition) is 1. The van der Waals surface area contributed by atoms with Crippen LogP contribution in [0.3, 0.4) is 0 Å². The highest BCUT2D eigenvalue weighted by atomic mass is 16.5. The maximum atomic E-state index is 9.36. The number of pyridine rings is 1. The second-order valence-corrected chi connectivity index (χ2v) is 3.42. The molecule has 0 bridgehead atoms. The van der Waals surface area contributed by atoms with E-state index in [-0.39, 0.29) is 5.88 Å². The van der Waals surface area contributed by atoms with Crippen LogP contribution in [-0.2, 0) is 4.74 Å². The summed E-state index contributed by atoms with van der Waals surface area (Å²) in [5.74, 6) is 0.0893. The second-order valence-electron chi connectivity index (χ2n) is 3.42. The fraction of sp³-hybridized carbons (Fsp3) is 0.500. The number of nitrogens with zero attached hydrogens (tertiary/aromatic N) is 2. The van der Waals surface area contributed by atoms with Gasteiger partial charge < -0.3 is 14.7 Å². The summed E-state index contributed by atoms with van der Waals surface area (Å²) in [5, 5.41) is 9.36. The molecule has 1 fully saturated rings. The lowest BCUT2D eigenvalue weighted by atomic mass is 10.3. The van der Waals surface area contributed by atoms with Crippen LogP contribution in [0.15, 0.2) is 12.1 Å². The summed E-state index contributed by atoms with van der Waals surface area (Å²) < 4.78 is 5.26. The molecule has 1 N–H and O–H groups in total. The number of morpholine rings is 1. The van der Waals surface area contributed by atoms with Gasteiger partial charge in [0.1, 0.15) is 0 Å². The van der Waals surface area contributed by atoms with Crippen molar-refractivity contribution in [2.75, 3.05) is 31.2 Å². The highest BCUT2D eigenvalue weighted by Gasteiger charge is 2.12. The number of anilines is 1. The van der Waals surface area contributed by atoms with Crippen LogP contribution in [0.2, 0.25) is 0 Å². The van der Waals surface area contributed by atoms with Crippen molar-refractivity contribution in [1.29, 1.82) is 0 Å². The summed E-state index contributed by atoms with van der Waals surface area (Å²) in [6.45, 7) is 5.14. The van der Waals surface area contributed by atoms with Crippen molar-refractivity contribution in [1.82, 2.24) is 4.98 Å². The van der Waals surface area contributed by atoms with Crippen molar-refractivity contribution in [3.05, 3.63) is 17.8 Å². The van der Waals surface area contributed by atoms with Crippen LogP contribution in [-0.4, -0.2) is 36.4 Å². The first-order valence-electron chi connectivity index (χ1n) is 4.76. The molecule has 1 saturated heterocycles. The van der Waals surface area contributed by atoms with Crippen molar-refractivity contribution in [2.45, 2.75) is 6.92 Å². The van der Waals surface area contributed by atoms with E-state index in [1.54, 1.807) is 6.07 Å². The van der Waals surface area contributed by atoms with Crippen LogP contribution in [0.5, 0.6) is 5.88 Å². The maximum Gasteiger partial charge on any atom is 0.213 e. The van der Waals surface area contributed by atoms with Gasteiger partial charge >= 0.3 is 0 Å². The van der Waals surface area contributed by atoms with Gasteiger partial charge in [-0.25, -0.2) is 4.98 Å². The molecule has 1 aromatic heterocycles. The van der Waals surface area contributed by atoms with Crippen LogP contribution >= 0.6 is 0 Å². The normalized spacial score (nSPS) is 17.1. The molecular formula is C10H14N2O2. The number of aromatic nitrogens is 1. The van der Waals surface area contributed by atoms with E-state index in [2.05, 4.69) is 9.88 Å². The molecule has 76 valence electrons. The van der Waals surface area contributed by atoms with E-state index in [0.29, 0.717) is 0 Å². The number of aromatic hydroxyl groups is 1. The Morgan fingerprint density at radius 1 is 1.36 bits per heavy atom. The minimum atomic E-state index is 0.0893. The van der Waals surface area contributed by atoms with Crippen LogP contribution in [0.4, 0.5) is 5.69 Å². The number of aryl methyl sites for hydroxylation is 1. The smallest absolute Gasteiger partial charge is 0.213 e. The van der Waals surface area contributed by atoms with Gasteiger partial charge in [-0.05, 0) is 13.0 Å². The first-order valence-corrected chi connectivity index (χ1v) is 4.76. The maximum absolute atomic E-state index is 9.36. The van der Waals surface area contributed by atoms with Gasteiger partial charge in [0, 0.05) is 30.5 Å². The van der Waals surface area contributed by atoms with Gasteiger partial charge in [0.05, 0.1) is 13.2 Å². The second kappa shape index (κ2) is 3.84. The number of ether oxygens (including phenoxy) is 1. The summed E-state index contributed by atoms with van der Waals surface area (Å²) in [6, 6.07) is 3.67. The van der Waals surface area contributed by atoms with Gasteiger partial charge in [-0.2, -0.15) is 0 Å². The zero-order chi connectivity index (χ0) is 9.97. The lowest BCUT2D eigenvalue weighted by Crippen LogP contribution is -2.36. The van der Waals surface area contributed by atoms with Gasteiger partial charge in [-0.15, -0.1) is 0 Å². The van der Waals surface area contributed by atoms with Crippen molar-refractivity contribution < 1.29 is 9.84 Å². The van der Waals surface area contributed by atoms with Gasteiger partial charge in [-0.3, -0.25) is 0 Å². The van der Waals surface area contributed by atoms with E-state index < -0.39 is 0 Å². The molecule has 2 rings (SSSR count). The monoisotopic (exact) mass is 194 g/mol. The van der Waals surface area contributed by atoms with Crippen molar-refractivity contribution >= 4 is 5.69 Å². The Bertz CT molecular complexity index is 302. The Morgan fingerprint density at radius 3 is 2.71 bits per heavy atom. The quantitative estimate of drug-likeness (QED) is 0.722. The summed E-state index contributed by atoms with van der Waals surface area (Å²) >= 11 is 0. The molecule has 0 atom stereocenters. The van der Waals surface area contributed by atoms with Crippen LogP contribution in [0.25, 0.3) is 0 Å². The minimum Gasteiger partial charge on any atom is -0.493 e. The largest absolute Gasteiger partial charge is 0.493 e. The minimum absolute atomic E-state index is 0.0893. The van der Waals surface area contributed by atoms with Crippen molar-refractivity contribution in [2.24, 2.45) is 0 Å². The zero-order valence-corrected chi connectivity index (χ0v) is 8.23. The Morgan fingerprint density at radius 2 is 2.07 bits per heavy atom. The van der Waals surface area contributed by atoms with Gasteiger partial charge in [-0.1, -0.05) is 0 Å². The molecule has 0 unspecified atom stereocenters. The highest BCUT2D eigenvalue weighted by molar-refractivity contribution is 5.49. The Labute approximate surface area is 83.1 Å². The van der Waals surface area contributed by atoms with E-state index in [1.165, 1.54) is 0 Å². The van der Waals surface area contributed by atoms with Gasteiger partial charge in [0.25, 0.3) is 0 Å². The molecule has 2 heterocycles. The van der Waals surface area contributed by atoms with Crippen LogP contribution < -0.4 is 4.90 Å². The highest BCUT2D eigenvalue weighted by Crippen LogP contribution is 2.20. The van der Waals surface area contributed by atoms with Crippen LogP contribution in [0, 0.1) is 6.92 Å². The number of hydrogen-bond acceptors (Lipinski definition) is 4. The van der Waals surface area contributed by atoms with Gasteiger partial charge in [0.2, 0.25) is 5.88 Å². The zero-order valence-electron chi connectivity index (χ0n) is 8.23. The molecule has 0 aromatic carbocycles. The summed E-state index contributed by atoms with van der Waals surface area (Å²) in [4.78, 5) is 6.12. The van der Waals surface area contributed by atoms with Gasteiger partial charge in [0.15, 0.2) is 0 Å². The molecule has 0 aliphatic carbocycles. The molecule has 1 aliphatic heterocycles. The average Bonchev–Trinajstić information content (AvgIpc) is 2.18. The third-order valence-corrected chi connectivity index (χ3v) is 2.30. The van der Waals surface area contributed by atoms with E-state index in [4.69, 9.17) is 4.74 Å². The lowest BCUT2D eigenvalue weighted by molar-refractivity contribution is 0.122. The summed E-state index contributed by atoms with van der Waals surface area (Å²) in [6.07, 6.45) is 0. The molecule has 4 heteroatoms. The summed E-state index contributed by atoms with van der Waals surface area (Å²) in [7, 11) is 0. The lowest BCUT2D eigenvalue weighted by Gasteiger charge is -2.28. The fourth-order valence-corrected chi connectivity index (χ4v) is 1.64. The standard InChI is InChI=1S/C10H14N2O2/c1-8-6-9(7-10(13)11-8)12-2-4-14-5-3-12/h6-7H,2-5H2,1H3,(H,11,13). The SMILES string of the molecule is Cc1cc(N2CCOCC2)cc(O)n1. The summed E-state index contributed by atoms with van der Waals surface area (Å²) in [5.41, 5.74) is 1.87. The first kappa shape index (κ1) is 9.27. The number of rotatable bonds is 1. The fourth-order valence-electron chi connectivity index (χ4n) is 1.64. The Balaban J connectivity index is 2.21. The van der Waals surface area contributed by atoms with E-state index >= 15 is 0 Å². The molecular weight excluding hydrogens is 180 g/mol. The van der Waals surface area contributed by atoms with E-state index in [9.17, 15) is 5.11 Å². The molecule has 0 amide bonds. The first-order chi connectivity index (χ1) is 6.75. The Hall–Kier alpha value is -1.29. The average molecular weight is 194 g/mol. The molecule has 0 spiro atoms. The third kappa shape index (κ3) is 1.96. The third-order valence-electron chi connectivity index (χ3n) is 2.30. The van der Waals surface area contributed by atoms with Crippen LogP contribution in [0.1, 0.15) is 5.69 Å². The molecule has 4 nitrogen and oxygen atoms in total. The van der Waals surface area contributed by atoms with Crippen molar-refractivity contribution in [3.63, 3.8) is 0 Å². The molecule has 0 saturated carbocycles. The predicted molar refractivity (Wildman–Crippen MR) is 53.7 cm³/mol. The van der Waals surface area contributed by atoms with E-state index in [1.807, 2.05) is 13.0 Å². The Kier molecular flexibility index (Phi) is 2.54. The topological polar surface area (TPSA) is 45.6 Å².